The van der Waals surface area contributed by atoms with Crippen LogP contribution in [-0.4, -0.2) is 64.5 Å². The molecule has 4 aliphatic carbocycles. The molecule has 9 heteroatoms. The highest BCUT2D eigenvalue weighted by atomic mass is 35.5. The first-order valence-corrected chi connectivity index (χ1v) is 16.1. The Hall–Kier alpha value is -1.55. The Labute approximate surface area is 250 Å². The quantitative estimate of drug-likeness (QED) is 0.408. The molecule has 1 N–H and O–H groups in total. The van der Waals surface area contributed by atoms with Crippen molar-refractivity contribution in [3.05, 3.63) is 58.7 Å². The molecule has 1 aliphatic heterocycles. The van der Waals surface area contributed by atoms with Crippen LogP contribution in [0.3, 0.4) is 0 Å². The molecule has 222 valence electrons. The lowest BCUT2D eigenvalue weighted by atomic mass is 9.46. The van der Waals surface area contributed by atoms with E-state index >= 15 is 4.39 Å². The molecule has 5 aliphatic rings. The third kappa shape index (κ3) is 4.59. The number of hydrogen-bond donors (Lipinski definition) is 1. The van der Waals surface area contributed by atoms with Gasteiger partial charge >= 0.3 is 0 Å². The fourth-order valence-corrected chi connectivity index (χ4v) is 10.3. The zero-order valence-electron chi connectivity index (χ0n) is 23.9. The number of hydroxylamine groups is 2. The average molecular weight is 604 g/mol. The zero-order chi connectivity index (χ0) is 29.2. The van der Waals surface area contributed by atoms with Crippen LogP contribution in [0.2, 0.25) is 5.02 Å². The third-order valence-electron chi connectivity index (χ3n) is 10.8. The van der Waals surface area contributed by atoms with E-state index < -0.39 is 28.7 Å². The minimum atomic E-state index is -1.26. The van der Waals surface area contributed by atoms with Gasteiger partial charge < -0.3 is 9.84 Å². The van der Waals surface area contributed by atoms with Crippen molar-refractivity contribution in [1.82, 2.24) is 5.06 Å². The van der Waals surface area contributed by atoms with Crippen molar-refractivity contribution in [3.8, 4) is 0 Å². The topological polar surface area (TPSA) is 76.1 Å². The number of aliphatic hydroxyl groups is 1. The van der Waals surface area contributed by atoms with E-state index in [-0.39, 0.29) is 41.0 Å². The van der Waals surface area contributed by atoms with E-state index in [0.29, 0.717) is 49.1 Å². The van der Waals surface area contributed by atoms with Crippen molar-refractivity contribution < 1.29 is 28.7 Å². The summed E-state index contributed by atoms with van der Waals surface area (Å²) in [7, 11) is 0. The highest BCUT2D eigenvalue weighted by Gasteiger charge is 2.75. The van der Waals surface area contributed by atoms with Gasteiger partial charge in [0.15, 0.2) is 11.4 Å². The molecule has 6 nitrogen and oxygen atoms in total. The van der Waals surface area contributed by atoms with Gasteiger partial charge in [0.1, 0.15) is 6.17 Å². The number of hydrogen-bond acceptors (Lipinski definition) is 7. The first kappa shape index (κ1) is 29.5. The number of carbonyl (C=O) groups is 2. The van der Waals surface area contributed by atoms with Crippen molar-refractivity contribution in [1.29, 1.82) is 0 Å². The van der Waals surface area contributed by atoms with Crippen molar-refractivity contribution in [3.63, 3.8) is 0 Å². The highest BCUT2D eigenvalue weighted by molar-refractivity contribution is 8.13. The molecular weight excluding hydrogens is 565 g/mol. The smallest absolute Gasteiger partial charge is 0.223 e. The van der Waals surface area contributed by atoms with Crippen LogP contribution in [0.15, 0.2) is 48.1 Å². The Morgan fingerprint density at radius 2 is 2.02 bits per heavy atom. The summed E-state index contributed by atoms with van der Waals surface area (Å²) in [6.45, 7) is 8.13. The summed E-state index contributed by atoms with van der Waals surface area (Å²) in [4.78, 5) is 33.3. The Kier molecular flexibility index (Phi) is 7.82. The van der Waals surface area contributed by atoms with Gasteiger partial charge in [-0.3, -0.25) is 14.4 Å². The molecule has 1 aromatic rings. The highest BCUT2D eigenvalue weighted by Crippen LogP contribution is 2.71. The van der Waals surface area contributed by atoms with Crippen LogP contribution < -0.4 is 0 Å². The van der Waals surface area contributed by atoms with E-state index in [2.05, 4.69) is 6.92 Å². The molecule has 0 spiro atoms. The van der Waals surface area contributed by atoms with E-state index in [1.54, 1.807) is 0 Å². The van der Waals surface area contributed by atoms with Gasteiger partial charge in [-0.05, 0) is 73.4 Å². The van der Waals surface area contributed by atoms with Gasteiger partial charge in [-0.2, -0.15) is 5.06 Å². The Morgan fingerprint density at radius 3 is 2.76 bits per heavy atom. The number of allylic oxidation sites excluding steroid dienone is 4. The Bertz CT molecular complexity index is 1270. The van der Waals surface area contributed by atoms with Crippen LogP contribution in [0.1, 0.15) is 45.6 Å². The van der Waals surface area contributed by atoms with Gasteiger partial charge in [0.2, 0.25) is 5.12 Å². The maximum absolute atomic E-state index is 15.9. The average Bonchev–Trinajstić information content (AvgIpc) is 3.40. The molecule has 3 saturated carbocycles. The standard InChI is InChI=1S/C32H39ClFNO5S/c1-4-39-11-12-41-29(38)32-20(18-35(40-32)17-19-5-7-21(33)8-6-19)13-24-23-15-26(34)25-14-22(36)9-10-30(25,2)28(23)27(37)16-31(24,32)3/h5-10,14,20,23-24,26-28,37H,4,11-13,15-18H2,1-3H3/t20-,23?,24?,26-,27?,28?,30?,31?,32-/m0/s1. The second-order valence-electron chi connectivity index (χ2n) is 12.8. The third-order valence-corrected chi connectivity index (χ3v) is 12.0. The molecule has 1 saturated heterocycles. The number of rotatable bonds is 7. The van der Waals surface area contributed by atoms with Crippen LogP contribution >= 0.6 is 23.4 Å². The molecule has 1 heterocycles. The van der Waals surface area contributed by atoms with E-state index in [1.807, 2.05) is 49.3 Å². The van der Waals surface area contributed by atoms with Crippen LogP contribution in [-0.2, 0) is 25.7 Å². The van der Waals surface area contributed by atoms with Gasteiger partial charge in [-0.1, -0.05) is 55.4 Å². The largest absolute Gasteiger partial charge is 0.393 e. The molecule has 6 rings (SSSR count). The molecule has 0 amide bonds. The number of fused-ring (bicyclic) bond motifs is 7. The number of nitrogens with zero attached hydrogens (tertiary/aromatic N) is 1. The second-order valence-corrected chi connectivity index (χ2v) is 14.4. The number of ether oxygens (including phenoxy) is 1. The first-order valence-electron chi connectivity index (χ1n) is 14.7. The Morgan fingerprint density at radius 1 is 1.27 bits per heavy atom. The van der Waals surface area contributed by atoms with E-state index in [4.69, 9.17) is 21.2 Å². The number of aliphatic hydroxyl groups excluding tert-OH is 1. The number of thioether (sulfide) groups is 1. The van der Waals surface area contributed by atoms with E-state index in [0.717, 1.165) is 12.0 Å². The molecule has 6 unspecified atom stereocenters. The monoisotopic (exact) mass is 603 g/mol. The van der Waals surface area contributed by atoms with E-state index in [9.17, 15) is 14.7 Å². The van der Waals surface area contributed by atoms with Gasteiger partial charge in [0.25, 0.3) is 0 Å². The summed E-state index contributed by atoms with van der Waals surface area (Å²) in [5.41, 5.74) is -1.04. The molecule has 41 heavy (non-hydrogen) atoms. The summed E-state index contributed by atoms with van der Waals surface area (Å²) >= 11 is 7.35. The summed E-state index contributed by atoms with van der Waals surface area (Å²) in [6.07, 6.45) is 4.07. The molecule has 0 bridgehead atoms. The molecule has 0 radical (unpaired) electrons. The summed E-state index contributed by atoms with van der Waals surface area (Å²) in [5, 5.41) is 14.4. The van der Waals surface area contributed by atoms with Crippen molar-refractivity contribution >= 4 is 34.3 Å². The predicted octanol–water partition coefficient (Wildman–Crippen LogP) is 5.58. The summed E-state index contributed by atoms with van der Waals surface area (Å²) < 4.78 is 21.4. The zero-order valence-corrected chi connectivity index (χ0v) is 25.4. The Balaban J connectivity index is 1.34. The number of ketones is 1. The molecule has 1 aromatic carbocycles. The number of halogens is 2. The van der Waals surface area contributed by atoms with Gasteiger partial charge in [-0.25, -0.2) is 4.39 Å². The summed E-state index contributed by atoms with van der Waals surface area (Å²) in [5.74, 6) is -0.145. The minimum absolute atomic E-state index is 0.00215. The minimum Gasteiger partial charge on any atom is -0.393 e. The van der Waals surface area contributed by atoms with Gasteiger partial charge in [0, 0.05) is 53.1 Å². The molecule has 0 aromatic heterocycles. The van der Waals surface area contributed by atoms with Crippen LogP contribution in [0, 0.1) is 34.5 Å². The predicted molar refractivity (Wildman–Crippen MR) is 157 cm³/mol. The fraction of sp³-hybridized carbons (Fsp3) is 0.625. The molecule has 4 fully saturated rings. The lowest BCUT2D eigenvalue weighted by Crippen LogP contribution is -2.63. The van der Waals surface area contributed by atoms with Gasteiger partial charge in [0.05, 0.1) is 12.7 Å². The van der Waals surface area contributed by atoms with E-state index in [1.165, 1.54) is 23.9 Å². The molecule has 9 atom stereocenters. The normalized spacial score (nSPS) is 41.4. The lowest BCUT2D eigenvalue weighted by molar-refractivity contribution is -0.250. The maximum atomic E-state index is 15.9. The van der Waals surface area contributed by atoms with Crippen LogP contribution in [0.4, 0.5) is 4.39 Å². The van der Waals surface area contributed by atoms with Crippen molar-refractivity contribution in [2.24, 2.45) is 34.5 Å². The number of carbonyl (C=O) groups excluding carboxylic acids is 2. The van der Waals surface area contributed by atoms with Gasteiger partial charge in [-0.15, -0.1) is 0 Å². The lowest BCUT2D eigenvalue weighted by Gasteiger charge is -2.60. The second kappa shape index (κ2) is 10.9. The number of benzene rings is 1. The molecular formula is C32H39ClFNO5S. The number of alkyl halides is 1. The van der Waals surface area contributed by atoms with Crippen LogP contribution in [0.5, 0.6) is 0 Å². The first-order chi connectivity index (χ1) is 19.5. The van der Waals surface area contributed by atoms with Crippen LogP contribution in [0.25, 0.3) is 0 Å². The summed E-state index contributed by atoms with van der Waals surface area (Å²) in [6, 6.07) is 7.62. The maximum Gasteiger partial charge on any atom is 0.223 e. The SMILES string of the molecule is CCOCCSC(=O)[C@@]12ON(Cc3ccc(Cl)cc3)C[C@@H]1CC1C3C[C@H](F)C4=CC(=O)C=CC4(C)C3C(O)CC12C. The van der Waals surface area contributed by atoms with Crippen molar-refractivity contribution in [2.45, 2.75) is 64.5 Å². The van der Waals surface area contributed by atoms with Crippen molar-refractivity contribution in [2.75, 3.05) is 25.5 Å². The fourth-order valence-electron chi connectivity index (χ4n) is 9.12.